The molecule has 0 aromatic heterocycles. The van der Waals surface area contributed by atoms with E-state index in [0.717, 1.165) is 0 Å². The summed E-state index contributed by atoms with van der Waals surface area (Å²) in [5.74, 6) is 0. The summed E-state index contributed by atoms with van der Waals surface area (Å²) in [6.07, 6.45) is 2.37. The van der Waals surface area contributed by atoms with Crippen LogP contribution in [0.2, 0.25) is 0 Å². The van der Waals surface area contributed by atoms with E-state index in [1.165, 1.54) is 22.3 Å². The van der Waals surface area contributed by atoms with Gasteiger partial charge in [0.25, 0.3) is 0 Å². The molecule has 0 aliphatic carbocycles. The van der Waals surface area contributed by atoms with Crippen molar-refractivity contribution in [2.24, 2.45) is 0 Å². The molecule has 24 heavy (non-hydrogen) atoms. The van der Waals surface area contributed by atoms with Crippen LogP contribution in [0.4, 0.5) is 0 Å². The Balaban J connectivity index is 2.11. The van der Waals surface area contributed by atoms with Gasteiger partial charge >= 0.3 is 0 Å². The molecule has 3 heteroatoms. The van der Waals surface area contributed by atoms with Crippen molar-refractivity contribution in [1.29, 1.82) is 0 Å². The fraction of sp³-hybridized carbons (Fsp3) is 0.0476. The van der Waals surface area contributed by atoms with E-state index in [4.69, 9.17) is 0 Å². The highest BCUT2D eigenvalue weighted by molar-refractivity contribution is 9.69. The molecule has 0 aliphatic heterocycles. The van der Waals surface area contributed by atoms with Gasteiger partial charge in [-0.05, 0) is 53.2 Å². The maximum absolute atomic E-state index is 3.79. The van der Waals surface area contributed by atoms with E-state index in [0.29, 0.717) is 0 Å². The lowest BCUT2D eigenvalue weighted by atomic mass is 9.96. The summed E-state index contributed by atoms with van der Waals surface area (Å²) in [6, 6.07) is 31.8. The molecule has 120 valence electrons. The average molecular weight is 460 g/mol. The molecule has 0 saturated carbocycles. The van der Waals surface area contributed by atoms with E-state index in [1.54, 1.807) is 0 Å². The van der Waals surface area contributed by atoms with Crippen LogP contribution in [0, 0.1) is 0 Å². The first-order chi connectivity index (χ1) is 11.8. The predicted octanol–water partition coefficient (Wildman–Crippen LogP) is 7.96. The van der Waals surface area contributed by atoms with Crippen molar-refractivity contribution in [3.8, 4) is 0 Å². The molecule has 3 aromatic rings. The van der Waals surface area contributed by atoms with Crippen LogP contribution < -0.4 is 0 Å². The van der Waals surface area contributed by atoms with E-state index >= 15 is 0 Å². The molecule has 1 unspecified atom stereocenters. The third-order valence-electron chi connectivity index (χ3n) is 3.85. The molecule has 3 aromatic carbocycles. The minimum Gasteiger partial charge on any atom is -0.0627 e. The zero-order valence-electron chi connectivity index (χ0n) is 13.0. The summed E-state index contributed by atoms with van der Waals surface area (Å²) in [5.41, 5.74) is 5.33. The van der Waals surface area contributed by atoms with E-state index in [-0.39, 0.29) is 5.66 Å². The lowest BCUT2D eigenvalue weighted by Gasteiger charge is -2.18. The quantitative estimate of drug-likeness (QED) is 0.339. The van der Waals surface area contributed by atoms with Crippen molar-refractivity contribution in [3.63, 3.8) is 0 Å². The largest absolute Gasteiger partial charge is 0.0627 e. The van der Waals surface area contributed by atoms with Gasteiger partial charge < -0.3 is 0 Å². The summed E-state index contributed by atoms with van der Waals surface area (Å²) in [5, 5.41) is -0.505. The third kappa shape index (κ3) is 4.45. The Morgan fingerprint density at radius 3 is 1.50 bits per heavy atom. The second-order valence-corrected chi connectivity index (χ2v) is 13.9. The van der Waals surface area contributed by atoms with E-state index in [2.05, 4.69) is 128 Å². The van der Waals surface area contributed by atoms with Crippen LogP contribution in [0.3, 0.4) is 0 Å². The highest BCUT2D eigenvalue weighted by Gasteiger charge is 2.18. The fourth-order valence-corrected chi connectivity index (χ4v) is 5.45. The molecular formula is C21H17Br2P. The number of hydrogen-bond acceptors (Lipinski definition) is 0. The lowest BCUT2D eigenvalue weighted by Crippen LogP contribution is -1.94. The summed E-state index contributed by atoms with van der Waals surface area (Å²) >= 11 is 7.58. The van der Waals surface area contributed by atoms with Gasteiger partial charge in [-0.2, -0.15) is 0 Å². The molecule has 0 heterocycles. The van der Waals surface area contributed by atoms with Gasteiger partial charge in [0, 0.05) is 11.0 Å². The maximum Gasteiger partial charge on any atom is 0.0461 e. The molecule has 0 nitrogen and oxygen atoms in total. The van der Waals surface area contributed by atoms with Crippen LogP contribution in [-0.2, 0) is 0 Å². The van der Waals surface area contributed by atoms with Crippen molar-refractivity contribution in [2.75, 3.05) is 0 Å². The Morgan fingerprint density at radius 1 is 0.667 bits per heavy atom. The van der Waals surface area contributed by atoms with E-state index in [1.807, 2.05) is 0 Å². The third-order valence-corrected chi connectivity index (χ3v) is 7.36. The van der Waals surface area contributed by atoms with E-state index in [9.17, 15) is 0 Å². The Kier molecular flexibility index (Phi) is 6.43. The zero-order valence-corrected chi connectivity index (χ0v) is 17.1. The van der Waals surface area contributed by atoms with Crippen LogP contribution in [-0.4, -0.2) is 0 Å². The monoisotopic (exact) mass is 458 g/mol. The fourth-order valence-electron chi connectivity index (χ4n) is 2.67. The normalized spacial score (nSPS) is 12.0. The van der Waals surface area contributed by atoms with Crippen LogP contribution in [0.1, 0.15) is 22.3 Å². The lowest BCUT2D eigenvalue weighted by molar-refractivity contribution is 1.23. The van der Waals surface area contributed by atoms with Gasteiger partial charge in [0.15, 0.2) is 0 Å². The maximum atomic E-state index is 3.79. The minimum atomic E-state index is -0.505. The smallest absolute Gasteiger partial charge is 0.0461 e. The molecule has 0 bridgehead atoms. The molecule has 3 rings (SSSR count). The molecule has 0 saturated heterocycles. The van der Waals surface area contributed by atoms with Crippen LogP contribution in [0.25, 0.3) is 5.57 Å². The topological polar surface area (TPSA) is 0 Å². The Hall–Kier alpha value is -1.21. The molecule has 1 atom stereocenters. The molecule has 0 N–H and O–H groups in total. The number of halogens is 2. The first kappa shape index (κ1) is 17.6. The van der Waals surface area contributed by atoms with Gasteiger partial charge in [0.05, 0.1) is 0 Å². The van der Waals surface area contributed by atoms with Crippen LogP contribution >= 0.6 is 36.3 Å². The summed E-state index contributed by atoms with van der Waals surface area (Å²) in [7, 11) is 0. The van der Waals surface area contributed by atoms with Gasteiger partial charge in [-0.25, -0.2) is 0 Å². The second-order valence-electron chi connectivity index (χ2n) is 5.43. The second kappa shape index (κ2) is 8.76. The first-order valence-electron chi connectivity index (χ1n) is 7.74. The summed E-state index contributed by atoms with van der Waals surface area (Å²) in [6.45, 7) is 0. The number of benzene rings is 3. The zero-order chi connectivity index (χ0) is 16.8. The minimum absolute atomic E-state index is 0.289. The molecule has 0 amide bonds. The number of hydrogen-bond donors (Lipinski definition) is 0. The highest BCUT2D eigenvalue weighted by Crippen LogP contribution is 2.64. The van der Waals surface area contributed by atoms with Crippen LogP contribution in [0.5, 0.6) is 0 Å². The van der Waals surface area contributed by atoms with Crippen molar-refractivity contribution in [2.45, 2.75) is 5.66 Å². The number of allylic oxidation sites excluding steroid dienone is 1. The predicted molar refractivity (Wildman–Crippen MR) is 114 cm³/mol. The Labute approximate surface area is 160 Å². The van der Waals surface area contributed by atoms with Crippen molar-refractivity contribution in [3.05, 3.63) is 114 Å². The summed E-state index contributed by atoms with van der Waals surface area (Å²) < 4.78 is 0. The SMILES string of the molecule is BrP(Br)C(C=C(c1ccccc1)c1ccccc1)c1ccccc1. The van der Waals surface area contributed by atoms with Gasteiger partial charge in [0.1, 0.15) is 0 Å². The molecule has 0 radical (unpaired) electrons. The first-order valence-corrected chi connectivity index (χ1v) is 13.2. The van der Waals surface area contributed by atoms with E-state index < -0.39 is 5.33 Å². The number of rotatable bonds is 5. The Morgan fingerprint density at radius 2 is 1.08 bits per heavy atom. The highest BCUT2D eigenvalue weighted by atomic mass is 79.9. The van der Waals surface area contributed by atoms with Crippen molar-refractivity contribution < 1.29 is 0 Å². The van der Waals surface area contributed by atoms with Gasteiger partial charge in [-0.3, -0.25) is 0 Å². The Bertz CT molecular complexity index is 742. The molecule has 0 fully saturated rings. The van der Waals surface area contributed by atoms with Gasteiger partial charge in [-0.1, -0.05) is 97.1 Å². The standard InChI is InChI=1S/C21H17Br2P/c22-24(23)21(19-14-8-3-9-15-19)16-20(17-10-4-1-5-11-17)18-12-6-2-7-13-18/h1-16,21H. The van der Waals surface area contributed by atoms with Gasteiger partial charge in [-0.15, -0.1) is 0 Å². The summed E-state index contributed by atoms with van der Waals surface area (Å²) in [4.78, 5) is 0. The molecular weight excluding hydrogens is 443 g/mol. The molecule has 0 spiro atoms. The van der Waals surface area contributed by atoms with Crippen molar-refractivity contribution >= 4 is 41.9 Å². The van der Waals surface area contributed by atoms with Gasteiger partial charge in [0.2, 0.25) is 0 Å². The average Bonchev–Trinajstić information content (AvgIpc) is 2.64. The molecule has 0 aliphatic rings. The van der Waals surface area contributed by atoms with Crippen LogP contribution in [0.15, 0.2) is 97.1 Å². The van der Waals surface area contributed by atoms with Crippen molar-refractivity contribution in [1.82, 2.24) is 0 Å².